The molecule has 0 bridgehead atoms. The van der Waals surface area contributed by atoms with Crippen LogP contribution in [0.5, 0.6) is 0 Å². The maximum Gasteiger partial charge on any atom is 0.289 e. The first-order chi connectivity index (χ1) is 13.5. The van der Waals surface area contributed by atoms with Gasteiger partial charge in [-0.2, -0.15) is 0 Å². The number of carbonyl (C=O) groups excluding carboxylic acids is 2. The minimum absolute atomic E-state index is 0.0652. The van der Waals surface area contributed by atoms with Gasteiger partial charge in [0.25, 0.3) is 11.8 Å². The summed E-state index contributed by atoms with van der Waals surface area (Å²) in [5.74, 6) is 0.111. The van der Waals surface area contributed by atoms with Crippen LogP contribution >= 0.6 is 0 Å². The summed E-state index contributed by atoms with van der Waals surface area (Å²) in [6, 6.07) is 6.96. The van der Waals surface area contributed by atoms with Gasteiger partial charge < -0.3 is 23.2 Å². The number of hydrogen-bond acceptors (Lipinski definition) is 4. The minimum Gasteiger partial charge on any atom is -0.459 e. The first kappa shape index (κ1) is 18.2. The zero-order chi connectivity index (χ0) is 19.8. The Morgan fingerprint density at radius 3 is 2.68 bits per heavy atom. The Morgan fingerprint density at radius 1 is 1.18 bits per heavy atom. The van der Waals surface area contributed by atoms with Gasteiger partial charge >= 0.3 is 0 Å². The van der Waals surface area contributed by atoms with Crippen molar-refractivity contribution in [1.29, 1.82) is 0 Å². The molecule has 0 aliphatic carbocycles. The Morgan fingerprint density at radius 2 is 2.00 bits per heavy atom. The largest absolute Gasteiger partial charge is 0.459 e. The molecule has 0 radical (unpaired) electrons. The molecule has 2 amide bonds. The van der Waals surface area contributed by atoms with E-state index < -0.39 is 0 Å². The van der Waals surface area contributed by atoms with Crippen molar-refractivity contribution in [3.63, 3.8) is 0 Å². The minimum atomic E-state index is -0.146. The lowest BCUT2D eigenvalue weighted by Crippen LogP contribution is -2.55. The zero-order valence-corrected chi connectivity index (χ0v) is 16.1. The van der Waals surface area contributed by atoms with Crippen LogP contribution in [-0.2, 0) is 6.54 Å². The average Bonchev–Trinajstić information content (AvgIpc) is 3.39. The standard InChI is InChI=1S/C21H23N3O4/c1-14(2)12-24-17(11-16-6-10-28-21(16)24)19(25)22-7-8-23(15(3)13-22)20(26)18-5-4-9-27-18/h4-6,9-11,15H,1,7-8,12-13H2,2-3H3/t15-/m1/s1. The van der Waals surface area contributed by atoms with Crippen LogP contribution in [0.15, 0.2) is 57.8 Å². The van der Waals surface area contributed by atoms with E-state index in [2.05, 4.69) is 6.58 Å². The molecule has 0 spiro atoms. The van der Waals surface area contributed by atoms with Gasteiger partial charge in [-0.15, -0.1) is 0 Å². The predicted octanol–water partition coefficient (Wildman–Crippen LogP) is 3.39. The lowest BCUT2D eigenvalue weighted by atomic mass is 10.1. The Bertz CT molecular complexity index is 1030. The number of furan rings is 2. The number of nitrogens with zero attached hydrogens (tertiary/aromatic N) is 3. The van der Waals surface area contributed by atoms with E-state index in [1.807, 2.05) is 30.5 Å². The Balaban J connectivity index is 1.54. The molecule has 3 aromatic heterocycles. The van der Waals surface area contributed by atoms with Crippen molar-refractivity contribution in [2.24, 2.45) is 0 Å². The van der Waals surface area contributed by atoms with Crippen molar-refractivity contribution in [2.75, 3.05) is 19.6 Å². The predicted molar refractivity (Wildman–Crippen MR) is 104 cm³/mol. The summed E-state index contributed by atoms with van der Waals surface area (Å²) >= 11 is 0. The van der Waals surface area contributed by atoms with Crippen molar-refractivity contribution in [2.45, 2.75) is 26.4 Å². The summed E-state index contributed by atoms with van der Waals surface area (Å²) in [6.07, 6.45) is 3.11. The van der Waals surface area contributed by atoms with Crippen LogP contribution in [0, 0.1) is 0 Å². The van der Waals surface area contributed by atoms with Gasteiger partial charge in [-0.3, -0.25) is 9.59 Å². The molecule has 1 saturated heterocycles. The molecular weight excluding hydrogens is 358 g/mol. The molecule has 4 rings (SSSR count). The molecule has 146 valence electrons. The van der Waals surface area contributed by atoms with Crippen molar-refractivity contribution < 1.29 is 18.4 Å². The van der Waals surface area contributed by atoms with Gasteiger partial charge in [0.2, 0.25) is 5.71 Å². The van der Waals surface area contributed by atoms with E-state index in [9.17, 15) is 9.59 Å². The maximum atomic E-state index is 13.2. The van der Waals surface area contributed by atoms with Crippen molar-refractivity contribution >= 4 is 22.9 Å². The number of carbonyl (C=O) groups is 2. The van der Waals surface area contributed by atoms with Crippen LogP contribution in [0.3, 0.4) is 0 Å². The van der Waals surface area contributed by atoms with Crippen LogP contribution in [0.2, 0.25) is 0 Å². The third-order valence-electron chi connectivity index (χ3n) is 5.06. The molecule has 7 nitrogen and oxygen atoms in total. The summed E-state index contributed by atoms with van der Waals surface area (Å²) in [5.41, 5.74) is 2.19. The smallest absolute Gasteiger partial charge is 0.289 e. The summed E-state index contributed by atoms with van der Waals surface area (Å²) in [5, 5.41) is 0.893. The molecule has 1 aliphatic heterocycles. The summed E-state index contributed by atoms with van der Waals surface area (Å²) in [4.78, 5) is 29.4. The average molecular weight is 381 g/mol. The number of amides is 2. The fourth-order valence-corrected chi connectivity index (χ4v) is 3.73. The Labute approximate surface area is 162 Å². The number of aromatic nitrogens is 1. The number of fused-ring (bicyclic) bond motifs is 1. The van der Waals surface area contributed by atoms with Crippen LogP contribution in [0.25, 0.3) is 11.1 Å². The second kappa shape index (κ2) is 7.07. The molecule has 1 atom stereocenters. The molecule has 28 heavy (non-hydrogen) atoms. The highest BCUT2D eigenvalue weighted by atomic mass is 16.3. The van der Waals surface area contributed by atoms with E-state index >= 15 is 0 Å². The third-order valence-corrected chi connectivity index (χ3v) is 5.06. The van der Waals surface area contributed by atoms with Crippen molar-refractivity contribution in [3.05, 3.63) is 60.4 Å². The Kier molecular flexibility index (Phi) is 4.58. The summed E-state index contributed by atoms with van der Waals surface area (Å²) in [7, 11) is 0. The van der Waals surface area contributed by atoms with E-state index in [1.165, 1.54) is 6.26 Å². The summed E-state index contributed by atoms with van der Waals surface area (Å²) < 4.78 is 12.7. The normalized spacial score (nSPS) is 17.3. The highest BCUT2D eigenvalue weighted by molar-refractivity contribution is 5.98. The lowest BCUT2D eigenvalue weighted by molar-refractivity contribution is 0.0391. The van der Waals surface area contributed by atoms with Gasteiger partial charge in [-0.05, 0) is 38.1 Å². The molecule has 4 heterocycles. The first-order valence-electron chi connectivity index (χ1n) is 9.30. The molecule has 1 aliphatic rings. The lowest BCUT2D eigenvalue weighted by Gasteiger charge is -2.39. The van der Waals surface area contributed by atoms with Gasteiger partial charge in [0.15, 0.2) is 5.76 Å². The molecule has 7 heteroatoms. The highest BCUT2D eigenvalue weighted by Crippen LogP contribution is 2.24. The van der Waals surface area contributed by atoms with Gasteiger partial charge in [-0.25, -0.2) is 0 Å². The molecule has 0 aromatic carbocycles. The third kappa shape index (κ3) is 3.13. The van der Waals surface area contributed by atoms with E-state index in [4.69, 9.17) is 8.83 Å². The van der Waals surface area contributed by atoms with E-state index in [1.54, 1.807) is 28.2 Å². The molecule has 0 unspecified atom stereocenters. The van der Waals surface area contributed by atoms with Gasteiger partial charge in [0, 0.05) is 37.6 Å². The monoisotopic (exact) mass is 381 g/mol. The number of allylic oxidation sites excluding steroid dienone is 1. The fraction of sp³-hybridized carbons (Fsp3) is 0.333. The van der Waals surface area contributed by atoms with E-state index in [0.29, 0.717) is 43.3 Å². The quantitative estimate of drug-likeness (QED) is 0.650. The number of piperazine rings is 1. The number of rotatable bonds is 4. The van der Waals surface area contributed by atoms with Crippen LogP contribution < -0.4 is 0 Å². The molecule has 1 fully saturated rings. The van der Waals surface area contributed by atoms with Crippen LogP contribution in [-0.4, -0.2) is 51.9 Å². The second-order valence-corrected chi connectivity index (χ2v) is 7.33. The molecule has 3 aromatic rings. The fourth-order valence-electron chi connectivity index (χ4n) is 3.73. The van der Waals surface area contributed by atoms with E-state index in [0.717, 1.165) is 11.0 Å². The summed E-state index contributed by atoms with van der Waals surface area (Å²) in [6.45, 7) is 9.73. The number of hydrogen-bond donors (Lipinski definition) is 0. The van der Waals surface area contributed by atoms with Crippen molar-refractivity contribution in [3.8, 4) is 0 Å². The Hall–Kier alpha value is -3.22. The first-order valence-corrected chi connectivity index (χ1v) is 9.30. The topological polar surface area (TPSA) is 71.8 Å². The highest BCUT2D eigenvalue weighted by Gasteiger charge is 2.33. The second-order valence-electron chi connectivity index (χ2n) is 7.33. The SMILES string of the molecule is C=C(C)Cn1c(C(=O)N2CCN(C(=O)c3ccco3)[C@H](C)C2)cc2ccoc21. The molecular formula is C21H23N3O4. The molecule has 0 N–H and O–H groups in total. The van der Waals surface area contributed by atoms with Gasteiger partial charge in [0.1, 0.15) is 5.69 Å². The van der Waals surface area contributed by atoms with Crippen molar-refractivity contribution in [1.82, 2.24) is 14.4 Å². The maximum absolute atomic E-state index is 13.2. The van der Waals surface area contributed by atoms with Gasteiger partial charge in [0.05, 0.1) is 12.5 Å². The van der Waals surface area contributed by atoms with Crippen LogP contribution in [0.1, 0.15) is 34.9 Å². The van der Waals surface area contributed by atoms with E-state index in [-0.39, 0.29) is 17.9 Å². The van der Waals surface area contributed by atoms with Crippen LogP contribution in [0.4, 0.5) is 0 Å². The molecule has 0 saturated carbocycles. The zero-order valence-electron chi connectivity index (χ0n) is 16.1. The van der Waals surface area contributed by atoms with Gasteiger partial charge in [-0.1, -0.05) is 12.2 Å².